The summed E-state index contributed by atoms with van der Waals surface area (Å²) in [5.74, 6) is 0.143. The average molecular weight is 498 g/mol. The molecule has 0 radical (unpaired) electrons. The lowest BCUT2D eigenvalue weighted by atomic mass is 9.98. The molecule has 0 bridgehead atoms. The highest BCUT2D eigenvalue weighted by Crippen LogP contribution is 2.40. The van der Waals surface area contributed by atoms with E-state index in [2.05, 4.69) is 5.32 Å². The molecule has 0 aromatic heterocycles. The topological polar surface area (TPSA) is 96.0 Å². The van der Waals surface area contributed by atoms with E-state index in [0.717, 1.165) is 24.1 Å². The van der Waals surface area contributed by atoms with Gasteiger partial charge in [-0.1, -0.05) is 12.1 Å². The molecular formula is C26H31N3O5S. The lowest BCUT2D eigenvalue weighted by Gasteiger charge is -2.31. The summed E-state index contributed by atoms with van der Waals surface area (Å²) in [5, 5.41) is 2.89. The Kier molecular flexibility index (Phi) is 6.31. The molecule has 2 aliphatic heterocycles. The molecule has 2 heterocycles. The standard InChI is InChI=1S/C26H31N3O5S/c1-17-14-20-15-21(11-12-23(20)29(17)26(31)18-9-10-18)35(32,33)28-13-5-6-19(16-28)25(30)27-22-7-3-4-8-24(22)34-2/h3-4,7-8,11-12,15,17-19H,5-6,9-10,13-14,16H2,1-2H3,(H,27,30). The SMILES string of the molecule is COc1ccccc1NC(=O)C1CCCN(S(=O)(=O)c2ccc3c(c2)CC(C)N3C(=O)C2CC2)C1. The van der Waals surface area contributed by atoms with Crippen molar-refractivity contribution in [1.82, 2.24) is 4.31 Å². The van der Waals surface area contributed by atoms with E-state index in [1.165, 1.54) is 4.31 Å². The van der Waals surface area contributed by atoms with Gasteiger partial charge in [0, 0.05) is 30.7 Å². The molecule has 9 heteroatoms. The maximum absolute atomic E-state index is 13.5. The van der Waals surface area contributed by atoms with Crippen molar-refractivity contribution in [3.05, 3.63) is 48.0 Å². The Labute approximate surface area is 206 Å². The third-order valence-corrected chi connectivity index (χ3v) is 9.05. The molecule has 1 N–H and O–H groups in total. The van der Waals surface area contributed by atoms with E-state index in [1.807, 2.05) is 24.0 Å². The van der Waals surface area contributed by atoms with Gasteiger partial charge in [0.25, 0.3) is 0 Å². The van der Waals surface area contributed by atoms with Crippen molar-refractivity contribution in [2.24, 2.45) is 11.8 Å². The summed E-state index contributed by atoms with van der Waals surface area (Å²) in [6, 6.07) is 12.2. The predicted molar refractivity (Wildman–Crippen MR) is 133 cm³/mol. The van der Waals surface area contributed by atoms with Crippen LogP contribution in [0.3, 0.4) is 0 Å². The van der Waals surface area contributed by atoms with Gasteiger partial charge in [-0.15, -0.1) is 0 Å². The molecule has 1 saturated carbocycles. The van der Waals surface area contributed by atoms with Crippen LogP contribution in [-0.4, -0.2) is 50.8 Å². The third-order valence-electron chi connectivity index (χ3n) is 7.19. The monoisotopic (exact) mass is 497 g/mol. The summed E-state index contributed by atoms with van der Waals surface area (Å²) in [7, 11) is -2.23. The number of hydrogen-bond acceptors (Lipinski definition) is 5. The van der Waals surface area contributed by atoms with E-state index in [1.54, 1.807) is 37.4 Å². The van der Waals surface area contributed by atoms with Crippen molar-refractivity contribution in [2.45, 2.75) is 50.0 Å². The second kappa shape index (κ2) is 9.28. The molecule has 1 aliphatic carbocycles. The zero-order valence-electron chi connectivity index (χ0n) is 20.1. The van der Waals surface area contributed by atoms with E-state index < -0.39 is 15.9 Å². The number of ether oxygens (including phenoxy) is 1. The summed E-state index contributed by atoms with van der Waals surface area (Å²) in [4.78, 5) is 27.8. The van der Waals surface area contributed by atoms with Crippen LogP contribution in [0.2, 0.25) is 0 Å². The predicted octanol–water partition coefficient (Wildman–Crippen LogP) is 3.42. The lowest BCUT2D eigenvalue weighted by Crippen LogP contribution is -2.43. The van der Waals surface area contributed by atoms with Crippen molar-refractivity contribution >= 4 is 33.2 Å². The average Bonchev–Trinajstić information content (AvgIpc) is 3.66. The lowest BCUT2D eigenvalue weighted by molar-refractivity contribution is -0.121. The van der Waals surface area contributed by atoms with Crippen LogP contribution in [0.25, 0.3) is 0 Å². The molecule has 3 aliphatic rings. The molecule has 0 spiro atoms. The zero-order valence-corrected chi connectivity index (χ0v) is 20.9. The Balaban J connectivity index is 1.32. The van der Waals surface area contributed by atoms with Crippen LogP contribution in [0.4, 0.5) is 11.4 Å². The van der Waals surface area contributed by atoms with Crippen LogP contribution in [0.1, 0.15) is 38.2 Å². The first-order valence-corrected chi connectivity index (χ1v) is 13.6. The smallest absolute Gasteiger partial charge is 0.243 e. The fraction of sp³-hybridized carbons (Fsp3) is 0.462. The molecule has 5 rings (SSSR count). The molecule has 2 aromatic rings. The number of fused-ring (bicyclic) bond motifs is 1. The molecule has 2 atom stereocenters. The van der Waals surface area contributed by atoms with Gasteiger partial charge in [0.2, 0.25) is 21.8 Å². The van der Waals surface area contributed by atoms with Crippen LogP contribution in [-0.2, 0) is 26.0 Å². The number of anilines is 2. The fourth-order valence-electron chi connectivity index (χ4n) is 5.14. The molecule has 2 fully saturated rings. The van der Waals surface area contributed by atoms with Crippen LogP contribution >= 0.6 is 0 Å². The third kappa shape index (κ3) is 4.54. The van der Waals surface area contributed by atoms with E-state index in [9.17, 15) is 18.0 Å². The van der Waals surface area contributed by atoms with Crippen LogP contribution in [0, 0.1) is 11.8 Å². The van der Waals surface area contributed by atoms with E-state index in [4.69, 9.17) is 4.74 Å². The highest BCUT2D eigenvalue weighted by atomic mass is 32.2. The maximum Gasteiger partial charge on any atom is 0.243 e. The maximum atomic E-state index is 13.5. The highest BCUT2D eigenvalue weighted by Gasteiger charge is 2.40. The number of amides is 2. The van der Waals surface area contributed by atoms with Gasteiger partial charge in [-0.25, -0.2) is 8.42 Å². The number of piperidine rings is 1. The van der Waals surface area contributed by atoms with Crippen LogP contribution in [0.5, 0.6) is 5.75 Å². The number of hydrogen-bond donors (Lipinski definition) is 1. The summed E-state index contributed by atoms with van der Waals surface area (Å²) in [6.45, 7) is 2.51. The Hall–Kier alpha value is -2.91. The van der Waals surface area contributed by atoms with Gasteiger partial charge in [-0.05, 0) is 74.9 Å². The van der Waals surface area contributed by atoms with Gasteiger partial charge < -0.3 is 15.0 Å². The fourth-order valence-corrected chi connectivity index (χ4v) is 6.71. The molecule has 8 nitrogen and oxygen atoms in total. The number of rotatable bonds is 6. The number of carbonyl (C=O) groups excluding carboxylic acids is 2. The summed E-state index contributed by atoms with van der Waals surface area (Å²) in [6.07, 6.45) is 3.73. The molecule has 2 unspecified atom stereocenters. The summed E-state index contributed by atoms with van der Waals surface area (Å²) >= 11 is 0. The molecule has 2 aromatic carbocycles. The van der Waals surface area contributed by atoms with Gasteiger partial charge in [-0.3, -0.25) is 9.59 Å². The summed E-state index contributed by atoms with van der Waals surface area (Å²) in [5.41, 5.74) is 2.27. The first-order valence-electron chi connectivity index (χ1n) is 12.2. The molecule has 2 amide bonds. The second-order valence-electron chi connectivity index (χ2n) is 9.72. The number of benzene rings is 2. The Morgan fingerprint density at radius 2 is 1.83 bits per heavy atom. The Morgan fingerprint density at radius 1 is 1.06 bits per heavy atom. The Bertz CT molecular complexity index is 1260. The van der Waals surface area contributed by atoms with Crippen molar-refractivity contribution in [1.29, 1.82) is 0 Å². The number of para-hydroxylation sites is 2. The number of sulfonamides is 1. The molecule has 186 valence electrons. The second-order valence-corrected chi connectivity index (χ2v) is 11.7. The van der Waals surface area contributed by atoms with Gasteiger partial charge in [-0.2, -0.15) is 4.31 Å². The molecule has 35 heavy (non-hydrogen) atoms. The highest BCUT2D eigenvalue weighted by molar-refractivity contribution is 7.89. The van der Waals surface area contributed by atoms with Crippen LogP contribution in [0.15, 0.2) is 47.4 Å². The number of methoxy groups -OCH3 is 1. The van der Waals surface area contributed by atoms with Gasteiger partial charge >= 0.3 is 0 Å². The van der Waals surface area contributed by atoms with Gasteiger partial charge in [0.15, 0.2) is 0 Å². The van der Waals surface area contributed by atoms with Gasteiger partial charge in [0.05, 0.1) is 23.6 Å². The minimum atomic E-state index is -3.77. The minimum absolute atomic E-state index is 0.0223. The number of nitrogens with one attached hydrogen (secondary N) is 1. The van der Waals surface area contributed by atoms with E-state index in [-0.39, 0.29) is 35.2 Å². The van der Waals surface area contributed by atoms with Crippen molar-refractivity contribution in [3.63, 3.8) is 0 Å². The van der Waals surface area contributed by atoms with E-state index >= 15 is 0 Å². The summed E-state index contributed by atoms with van der Waals surface area (Å²) < 4.78 is 33.8. The van der Waals surface area contributed by atoms with Crippen molar-refractivity contribution < 1.29 is 22.7 Å². The van der Waals surface area contributed by atoms with Crippen molar-refractivity contribution in [2.75, 3.05) is 30.4 Å². The van der Waals surface area contributed by atoms with Crippen molar-refractivity contribution in [3.8, 4) is 5.75 Å². The largest absolute Gasteiger partial charge is 0.495 e. The normalized spacial score (nSPS) is 22.5. The number of nitrogens with zero attached hydrogens (tertiary/aromatic N) is 2. The minimum Gasteiger partial charge on any atom is -0.495 e. The first-order chi connectivity index (χ1) is 16.8. The molecule has 1 saturated heterocycles. The zero-order chi connectivity index (χ0) is 24.7. The quantitative estimate of drug-likeness (QED) is 0.660. The van der Waals surface area contributed by atoms with Crippen LogP contribution < -0.4 is 15.0 Å². The van der Waals surface area contributed by atoms with E-state index in [0.29, 0.717) is 37.2 Å². The number of carbonyl (C=O) groups is 2. The Morgan fingerprint density at radius 3 is 2.57 bits per heavy atom. The van der Waals surface area contributed by atoms with Gasteiger partial charge in [0.1, 0.15) is 5.75 Å². The first kappa shape index (κ1) is 23.8. The molecular weight excluding hydrogens is 466 g/mol.